The Bertz CT molecular complexity index is 951. The van der Waals surface area contributed by atoms with E-state index in [9.17, 15) is 4.79 Å². The SMILES string of the molecule is C=CCc1c(C)nc(-c2ccccc2)nc1Nc1ccc(C(=O)OC)cc1. The zero-order valence-electron chi connectivity index (χ0n) is 15.4. The van der Waals surface area contributed by atoms with E-state index in [1.807, 2.05) is 55.5 Å². The van der Waals surface area contributed by atoms with E-state index < -0.39 is 0 Å². The van der Waals surface area contributed by atoms with Gasteiger partial charge in [-0.15, -0.1) is 6.58 Å². The largest absolute Gasteiger partial charge is 0.465 e. The summed E-state index contributed by atoms with van der Waals surface area (Å²) < 4.78 is 4.73. The van der Waals surface area contributed by atoms with Crippen LogP contribution in [-0.4, -0.2) is 23.0 Å². The third-order valence-corrected chi connectivity index (χ3v) is 4.16. The highest BCUT2D eigenvalue weighted by Gasteiger charge is 2.13. The van der Waals surface area contributed by atoms with E-state index in [4.69, 9.17) is 9.72 Å². The minimum Gasteiger partial charge on any atom is -0.465 e. The van der Waals surface area contributed by atoms with Crippen molar-refractivity contribution in [2.45, 2.75) is 13.3 Å². The Morgan fingerprint density at radius 2 is 1.81 bits per heavy atom. The standard InChI is InChI=1S/C22H21N3O2/c1-4-8-19-15(2)23-20(16-9-6-5-7-10-16)25-21(19)24-18-13-11-17(12-14-18)22(26)27-3/h4-7,9-14H,1,8H2,2-3H3,(H,23,24,25). The number of hydrogen-bond acceptors (Lipinski definition) is 5. The van der Waals surface area contributed by atoms with Gasteiger partial charge in [-0.05, 0) is 37.6 Å². The van der Waals surface area contributed by atoms with Gasteiger partial charge in [0, 0.05) is 22.5 Å². The van der Waals surface area contributed by atoms with Crippen molar-refractivity contribution in [1.82, 2.24) is 9.97 Å². The molecule has 0 amide bonds. The van der Waals surface area contributed by atoms with Crippen molar-refractivity contribution in [3.63, 3.8) is 0 Å². The Kier molecular flexibility index (Phi) is 5.61. The third kappa shape index (κ3) is 4.20. The van der Waals surface area contributed by atoms with Crippen molar-refractivity contribution in [2.75, 3.05) is 12.4 Å². The van der Waals surface area contributed by atoms with E-state index in [1.165, 1.54) is 7.11 Å². The molecule has 27 heavy (non-hydrogen) atoms. The number of rotatable bonds is 6. The molecule has 3 rings (SSSR count). The number of nitrogens with zero attached hydrogens (tertiary/aromatic N) is 2. The second kappa shape index (κ2) is 8.27. The van der Waals surface area contributed by atoms with Gasteiger partial charge in [-0.2, -0.15) is 0 Å². The first kappa shape index (κ1) is 18.3. The van der Waals surface area contributed by atoms with Crippen molar-refractivity contribution >= 4 is 17.5 Å². The van der Waals surface area contributed by atoms with Gasteiger partial charge in [-0.3, -0.25) is 0 Å². The number of carbonyl (C=O) groups excluding carboxylic acids is 1. The fourth-order valence-corrected chi connectivity index (χ4v) is 2.75. The van der Waals surface area contributed by atoms with Crippen molar-refractivity contribution < 1.29 is 9.53 Å². The van der Waals surface area contributed by atoms with Crippen molar-refractivity contribution in [2.24, 2.45) is 0 Å². The van der Waals surface area contributed by atoms with E-state index >= 15 is 0 Å². The molecule has 0 unspecified atom stereocenters. The molecule has 0 aliphatic rings. The van der Waals surface area contributed by atoms with Gasteiger partial charge >= 0.3 is 5.97 Å². The zero-order valence-corrected chi connectivity index (χ0v) is 15.4. The highest BCUT2D eigenvalue weighted by Crippen LogP contribution is 2.26. The average Bonchev–Trinajstić information content (AvgIpc) is 2.71. The lowest BCUT2D eigenvalue weighted by atomic mass is 10.1. The molecule has 0 bridgehead atoms. The number of benzene rings is 2. The molecule has 5 heteroatoms. The van der Waals surface area contributed by atoms with Crippen molar-refractivity contribution in [1.29, 1.82) is 0 Å². The second-order valence-corrected chi connectivity index (χ2v) is 6.01. The van der Waals surface area contributed by atoms with Gasteiger partial charge in [0.05, 0.1) is 12.7 Å². The molecule has 1 N–H and O–H groups in total. The van der Waals surface area contributed by atoms with E-state index in [1.54, 1.807) is 12.1 Å². The summed E-state index contributed by atoms with van der Waals surface area (Å²) in [6, 6.07) is 16.9. The van der Waals surface area contributed by atoms with Crippen LogP contribution in [0.4, 0.5) is 11.5 Å². The molecule has 0 radical (unpaired) electrons. The second-order valence-electron chi connectivity index (χ2n) is 6.01. The average molecular weight is 359 g/mol. The van der Waals surface area contributed by atoms with Gasteiger partial charge in [-0.25, -0.2) is 14.8 Å². The molecule has 0 saturated carbocycles. The Labute approximate surface area is 158 Å². The molecule has 0 atom stereocenters. The van der Waals surface area contributed by atoms with E-state index in [-0.39, 0.29) is 5.97 Å². The summed E-state index contributed by atoms with van der Waals surface area (Å²) in [6.45, 7) is 5.80. The zero-order chi connectivity index (χ0) is 19.2. The highest BCUT2D eigenvalue weighted by molar-refractivity contribution is 5.89. The van der Waals surface area contributed by atoms with Crippen LogP contribution in [0.3, 0.4) is 0 Å². The van der Waals surface area contributed by atoms with Crippen LogP contribution in [0, 0.1) is 6.92 Å². The van der Waals surface area contributed by atoms with Crippen LogP contribution in [0.5, 0.6) is 0 Å². The Hall–Kier alpha value is -3.47. The summed E-state index contributed by atoms with van der Waals surface area (Å²) in [6.07, 6.45) is 2.49. The molecular formula is C22H21N3O2. The van der Waals surface area contributed by atoms with Crippen LogP contribution in [0.1, 0.15) is 21.6 Å². The van der Waals surface area contributed by atoms with Crippen LogP contribution in [-0.2, 0) is 11.2 Å². The van der Waals surface area contributed by atoms with Gasteiger partial charge < -0.3 is 10.1 Å². The molecule has 0 fully saturated rings. The normalized spacial score (nSPS) is 10.3. The summed E-state index contributed by atoms with van der Waals surface area (Å²) >= 11 is 0. The summed E-state index contributed by atoms with van der Waals surface area (Å²) in [5.41, 5.74) is 4.16. The van der Waals surface area contributed by atoms with Gasteiger partial charge in [0.15, 0.2) is 5.82 Å². The molecule has 0 aliphatic carbocycles. The van der Waals surface area contributed by atoms with Crippen LogP contribution in [0.2, 0.25) is 0 Å². The first-order valence-electron chi connectivity index (χ1n) is 8.61. The number of allylic oxidation sites excluding steroid dienone is 1. The molecule has 1 heterocycles. The van der Waals surface area contributed by atoms with Gasteiger partial charge in [0.25, 0.3) is 0 Å². The first-order valence-corrected chi connectivity index (χ1v) is 8.61. The molecule has 0 aliphatic heterocycles. The number of hydrogen-bond donors (Lipinski definition) is 1. The topological polar surface area (TPSA) is 64.1 Å². The van der Waals surface area contributed by atoms with Crippen LogP contribution in [0.15, 0.2) is 67.3 Å². The van der Waals surface area contributed by atoms with Crippen LogP contribution < -0.4 is 5.32 Å². The first-order chi connectivity index (χ1) is 13.1. The number of methoxy groups -OCH3 is 1. The van der Waals surface area contributed by atoms with Gasteiger partial charge in [0.2, 0.25) is 0 Å². The fraction of sp³-hybridized carbons (Fsp3) is 0.136. The predicted molar refractivity (Wildman–Crippen MR) is 107 cm³/mol. The number of carbonyl (C=O) groups is 1. The lowest BCUT2D eigenvalue weighted by molar-refractivity contribution is 0.0601. The molecule has 2 aromatic carbocycles. The predicted octanol–water partition coefficient (Wildman–Crippen LogP) is 4.71. The molecule has 5 nitrogen and oxygen atoms in total. The molecule has 1 aromatic heterocycles. The minimum atomic E-state index is -0.363. The Morgan fingerprint density at radius 3 is 2.44 bits per heavy atom. The lowest BCUT2D eigenvalue weighted by Crippen LogP contribution is -2.06. The van der Waals surface area contributed by atoms with E-state index in [2.05, 4.69) is 16.9 Å². The molecule has 0 saturated heterocycles. The summed E-state index contributed by atoms with van der Waals surface area (Å²) in [5, 5.41) is 3.34. The maximum absolute atomic E-state index is 11.6. The highest BCUT2D eigenvalue weighted by atomic mass is 16.5. The fourth-order valence-electron chi connectivity index (χ4n) is 2.75. The van der Waals surface area contributed by atoms with Gasteiger partial charge in [-0.1, -0.05) is 36.4 Å². The molecule has 136 valence electrons. The number of esters is 1. The number of nitrogens with one attached hydrogen (secondary N) is 1. The summed E-state index contributed by atoms with van der Waals surface area (Å²) in [4.78, 5) is 21.0. The van der Waals surface area contributed by atoms with E-state index in [0.29, 0.717) is 17.8 Å². The minimum absolute atomic E-state index is 0.363. The maximum atomic E-state index is 11.6. The number of ether oxygens (including phenoxy) is 1. The molecule has 3 aromatic rings. The summed E-state index contributed by atoms with van der Waals surface area (Å²) in [7, 11) is 1.37. The number of anilines is 2. The smallest absolute Gasteiger partial charge is 0.337 e. The Balaban J connectivity index is 1.98. The monoisotopic (exact) mass is 359 g/mol. The van der Waals surface area contributed by atoms with Crippen molar-refractivity contribution in [3.05, 3.63) is 84.1 Å². The molecule has 0 spiro atoms. The van der Waals surface area contributed by atoms with Gasteiger partial charge in [0.1, 0.15) is 5.82 Å². The van der Waals surface area contributed by atoms with Crippen LogP contribution in [0.25, 0.3) is 11.4 Å². The maximum Gasteiger partial charge on any atom is 0.337 e. The Morgan fingerprint density at radius 1 is 1.11 bits per heavy atom. The third-order valence-electron chi connectivity index (χ3n) is 4.16. The van der Waals surface area contributed by atoms with E-state index in [0.717, 1.165) is 28.3 Å². The van der Waals surface area contributed by atoms with Crippen LogP contribution >= 0.6 is 0 Å². The summed E-state index contributed by atoms with van der Waals surface area (Å²) in [5.74, 6) is 1.03. The molecular weight excluding hydrogens is 338 g/mol. The van der Waals surface area contributed by atoms with Crippen molar-refractivity contribution in [3.8, 4) is 11.4 Å². The number of aryl methyl sites for hydroxylation is 1. The lowest BCUT2D eigenvalue weighted by Gasteiger charge is -2.14. The number of aromatic nitrogens is 2. The quantitative estimate of drug-likeness (QED) is 0.510.